The highest BCUT2D eigenvalue weighted by Crippen LogP contribution is 2.33. The number of amides is 2. The van der Waals surface area contributed by atoms with E-state index in [1.54, 1.807) is 24.1 Å². The van der Waals surface area contributed by atoms with E-state index >= 15 is 0 Å². The molecule has 1 atom stereocenters. The number of nitrogens with zero attached hydrogens (tertiary/aromatic N) is 2. The van der Waals surface area contributed by atoms with E-state index in [4.69, 9.17) is 4.74 Å². The van der Waals surface area contributed by atoms with E-state index in [1.165, 1.54) is 17.0 Å². The fourth-order valence-corrected chi connectivity index (χ4v) is 3.08. The molecule has 2 aliphatic heterocycles. The smallest absolute Gasteiger partial charge is 0.410 e. The normalized spacial score (nSPS) is 20.8. The van der Waals surface area contributed by atoms with E-state index in [0.717, 1.165) is 5.56 Å². The van der Waals surface area contributed by atoms with Crippen LogP contribution in [0.5, 0.6) is 0 Å². The van der Waals surface area contributed by atoms with Crippen LogP contribution in [0.2, 0.25) is 0 Å². The monoisotopic (exact) mass is 306 g/mol. The second-order valence-corrected chi connectivity index (χ2v) is 6.31. The molecule has 2 heterocycles. The zero-order valence-electron chi connectivity index (χ0n) is 12.7. The number of hydrogen-bond acceptors (Lipinski definition) is 3. The van der Waals surface area contributed by atoms with Crippen LogP contribution in [-0.2, 0) is 9.53 Å². The minimum Gasteiger partial charge on any atom is -0.437 e. The van der Waals surface area contributed by atoms with E-state index in [0.29, 0.717) is 26.1 Å². The summed E-state index contributed by atoms with van der Waals surface area (Å²) in [5.41, 5.74) is 0.428. The lowest BCUT2D eigenvalue weighted by Crippen LogP contribution is -2.65. The molecule has 1 aromatic rings. The van der Waals surface area contributed by atoms with Crippen LogP contribution in [0, 0.1) is 5.82 Å². The summed E-state index contributed by atoms with van der Waals surface area (Å²) >= 11 is 0. The minimum atomic E-state index is -0.513. The number of likely N-dealkylation sites (N-methyl/N-ethyl adjacent to an activating group) is 1. The van der Waals surface area contributed by atoms with Gasteiger partial charge in [0.2, 0.25) is 5.91 Å². The summed E-state index contributed by atoms with van der Waals surface area (Å²) in [5, 5.41) is 0. The Bertz CT molecular complexity index is 596. The van der Waals surface area contributed by atoms with Crippen LogP contribution in [0.1, 0.15) is 24.8 Å². The second kappa shape index (κ2) is 5.26. The SMILES string of the molecule is CC(CC(=O)N1CC2(CN(C)C(=O)O2)C1)c1ccc(F)cc1. The van der Waals surface area contributed by atoms with Crippen LogP contribution in [-0.4, -0.2) is 54.1 Å². The van der Waals surface area contributed by atoms with Crippen molar-refractivity contribution in [2.45, 2.75) is 24.9 Å². The number of halogens is 1. The number of benzene rings is 1. The van der Waals surface area contributed by atoms with Gasteiger partial charge in [-0.1, -0.05) is 19.1 Å². The van der Waals surface area contributed by atoms with Crippen molar-refractivity contribution < 1.29 is 18.7 Å². The Morgan fingerprint density at radius 3 is 2.50 bits per heavy atom. The van der Waals surface area contributed by atoms with Gasteiger partial charge in [-0.15, -0.1) is 0 Å². The Kier molecular flexibility index (Phi) is 3.54. The van der Waals surface area contributed by atoms with Gasteiger partial charge in [0.05, 0.1) is 19.6 Å². The lowest BCUT2D eigenvalue weighted by Gasteiger charge is -2.45. The van der Waals surface area contributed by atoms with Crippen molar-refractivity contribution >= 4 is 12.0 Å². The van der Waals surface area contributed by atoms with Crippen LogP contribution in [0.15, 0.2) is 24.3 Å². The van der Waals surface area contributed by atoms with Gasteiger partial charge < -0.3 is 14.5 Å². The Morgan fingerprint density at radius 2 is 1.95 bits per heavy atom. The molecule has 118 valence electrons. The fraction of sp³-hybridized carbons (Fsp3) is 0.500. The molecule has 6 heteroatoms. The van der Waals surface area contributed by atoms with Crippen molar-refractivity contribution in [3.63, 3.8) is 0 Å². The zero-order valence-corrected chi connectivity index (χ0v) is 12.7. The third-order valence-corrected chi connectivity index (χ3v) is 4.37. The van der Waals surface area contributed by atoms with Gasteiger partial charge in [0, 0.05) is 13.5 Å². The number of rotatable bonds is 3. The molecule has 0 aliphatic carbocycles. The summed E-state index contributed by atoms with van der Waals surface area (Å²) in [6, 6.07) is 6.22. The first-order valence-electron chi connectivity index (χ1n) is 7.36. The Hall–Kier alpha value is -2.11. The zero-order chi connectivity index (χ0) is 15.9. The summed E-state index contributed by atoms with van der Waals surface area (Å²) in [5.74, 6) is -0.217. The number of carbonyl (C=O) groups excluding carboxylic acids is 2. The molecule has 2 saturated heterocycles. The summed E-state index contributed by atoms with van der Waals surface area (Å²) < 4.78 is 18.2. The molecule has 1 aromatic carbocycles. The average molecular weight is 306 g/mol. The van der Waals surface area contributed by atoms with Crippen molar-refractivity contribution in [1.82, 2.24) is 9.80 Å². The van der Waals surface area contributed by atoms with Crippen molar-refractivity contribution in [2.24, 2.45) is 0 Å². The van der Waals surface area contributed by atoms with Gasteiger partial charge in [0.25, 0.3) is 0 Å². The first kappa shape index (κ1) is 14.8. The summed E-state index contributed by atoms with van der Waals surface area (Å²) in [6.07, 6.45) is 0.0395. The van der Waals surface area contributed by atoms with Crippen LogP contribution >= 0.6 is 0 Å². The Labute approximate surface area is 128 Å². The molecule has 3 rings (SSSR count). The van der Waals surface area contributed by atoms with E-state index < -0.39 is 5.60 Å². The standard InChI is InChI=1S/C16H19FN2O3/c1-11(12-3-5-13(17)6-4-12)7-14(20)19-9-16(10-19)8-18(2)15(21)22-16/h3-6,11H,7-10H2,1-2H3. The maximum absolute atomic E-state index is 12.9. The number of hydrogen-bond donors (Lipinski definition) is 0. The summed E-state index contributed by atoms with van der Waals surface area (Å²) in [6.45, 7) is 3.39. The maximum Gasteiger partial charge on any atom is 0.410 e. The first-order valence-corrected chi connectivity index (χ1v) is 7.36. The highest BCUT2D eigenvalue weighted by atomic mass is 19.1. The molecular weight excluding hydrogens is 287 g/mol. The highest BCUT2D eigenvalue weighted by molar-refractivity contribution is 5.79. The molecule has 2 amide bonds. The molecule has 0 bridgehead atoms. The number of likely N-dealkylation sites (tertiary alicyclic amines) is 1. The second-order valence-electron chi connectivity index (χ2n) is 6.31. The van der Waals surface area contributed by atoms with Crippen LogP contribution in [0.3, 0.4) is 0 Å². The van der Waals surface area contributed by atoms with E-state index in [2.05, 4.69) is 0 Å². The van der Waals surface area contributed by atoms with Crippen LogP contribution in [0.25, 0.3) is 0 Å². The van der Waals surface area contributed by atoms with Crippen molar-refractivity contribution in [1.29, 1.82) is 0 Å². The average Bonchev–Trinajstić information content (AvgIpc) is 2.74. The fourth-order valence-electron chi connectivity index (χ4n) is 3.08. The molecule has 0 aromatic heterocycles. The van der Waals surface area contributed by atoms with Crippen molar-refractivity contribution in [2.75, 3.05) is 26.7 Å². The van der Waals surface area contributed by atoms with Gasteiger partial charge in [-0.2, -0.15) is 0 Å². The third kappa shape index (κ3) is 2.65. The number of ether oxygens (including phenoxy) is 1. The van der Waals surface area contributed by atoms with Crippen molar-refractivity contribution in [3.05, 3.63) is 35.6 Å². The molecule has 2 aliphatic rings. The maximum atomic E-state index is 12.9. The van der Waals surface area contributed by atoms with Gasteiger partial charge in [0.1, 0.15) is 5.82 Å². The Balaban J connectivity index is 1.54. The van der Waals surface area contributed by atoms with Crippen LogP contribution in [0.4, 0.5) is 9.18 Å². The van der Waals surface area contributed by atoms with Crippen molar-refractivity contribution in [3.8, 4) is 0 Å². The molecule has 1 unspecified atom stereocenters. The van der Waals surface area contributed by atoms with Gasteiger partial charge in [0.15, 0.2) is 5.60 Å². The van der Waals surface area contributed by atoms with E-state index in [1.807, 2.05) is 6.92 Å². The molecule has 0 radical (unpaired) electrons. The van der Waals surface area contributed by atoms with E-state index in [9.17, 15) is 14.0 Å². The largest absolute Gasteiger partial charge is 0.437 e. The molecule has 0 N–H and O–H groups in total. The molecule has 5 nitrogen and oxygen atoms in total. The quantitative estimate of drug-likeness (QED) is 0.858. The Morgan fingerprint density at radius 1 is 1.32 bits per heavy atom. The van der Waals surface area contributed by atoms with Gasteiger partial charge in [-0.25, -0.2) is 9.18 Å². The topological polar surface area (TPSA) is 49.9 Å². The highest BCUT2D eigenvalue weighted by Gasteiger charge is 2.54. The van der Waals surface area contributed by atoms with Crippen LogP contribution < -0.4 is 0 Å². The van der Waals surface area contributed by atoms with Gasteiger partial charge >= 0.3 is 6.09 Å². The molecule has 22 heavy (non-hydrogen) atoms. The molecule has 2 fully saturated rings. The van der Waals surface area contributed by atoms with Gasteiger partial charge in [-0.3, -0.25) is 4.79 Å². The van der Waals surface area contributed by atoms with Gasteiger partial charge in [-0.05, 0) is 23.6 Å². The predicted molar refractivity (Wildman–Crippen MR) is 77.9 cm³/mol. The molecule has 1 spiro atoms. The summed E-state index contributed by atoms with van der Waals surface area (Å²) in [7, 11) is 1.69. The minimum absolute atomic E-state index is 0.0263. The van der Waals surface area contributed by atoms with E-state index in [-0.39, 0.29) is 23.7 Å². The molecule has 0 saturated carbocycles. The molecular formula is C16H19FN2O3. The third-order valence-electron chi connectivity index (χ3n) is 4.37. The number of carbonyl (C=O) groups is 2. The lowest BCUT2D eigenvalue weighted by molar-refractivity contribution is -0.150. The first-order chi connectivity index (χ1) is 10.4. The summed E-state index contributed by atoms with van der Waals surface area (Å²) in [4.78, 5) is 26.9. The predicted octanol–water partition coefficient (Wildman–Crippen LogP) is 1.98. The lowest BCUT2D eigenvalue weighted by atomic mass is 9.91.